The van der Waals surface area contributed by atoms with Gasteiger partial charge in [-0.2, -0.15) is 0 Å². The molecule has 1 heterocycles. The first kappa shape index (κ1) is 18.4. The summed E-state index contributed by atoms with van der Waals surface area (Å²) in [6.07, 6.45) is 2.75. The van der Waals surface area contributed by atoms with Crippen LogP contribution >= 0.6 is 11.6 Å². The molecule has 3 aromatic rings. The van der Waals surface area contributed by atoms with Gasteiger partial charge in [-0.05, 0) is 44.8 Å². The topological polar surface area (TPSA) is 25.4 Å². The maximum absolute atomic E-state index is 6.45. The Balaban J connectivity index is 2.02. The van der Waals surface area contributed by atoms with Crippen molar-refractivity contribution in [1.82, 2.24) is 9.88 Å². The third-order valence-corrected chi connectivity index (χ3v) is 4.45. The van der Waals surface area contributed by atoms with Gasteiger partial charge < -0.3 is 9.64 Å². The van der Waals surface area contributed by atoms with Crippen LogP contribution in [0.15, 0.2) is 66.9 Å². The first-order valence-electron chi connectivity index (χ1n) is 8.73. The number of rotatable bonds is 7. The molecule has 4 heteroatoms. The Morgan fingerprint density at radius 3 is 2.35 bits per heavy atom. The Kier molecular flexibility index (Phi) is 6.26. The molecule has 0 aliphatic carbocycles. The van der Waals surface area contributed by atoms with E-state index in [-0.39, 0.29) is 0 Å². The van der Waals surface area contributed by atoms with Crippen LogP contribution in [0.2, 0.25) is 5.02 Å². The van der Waals surface area contributed by atoms with Gasteiger partial charge in [0.25, 0.3) is 0 Å². The highest BCUT2D eigenvalue weighted by molar-refractivity contribution is 6.33. The number of nitrogens with zero attached hydrogens (tertiary/aromatic N) is 2. The second-order valence-electron chi connectivity index (χ2n) is 6.38. The van der Waals surface area contributed by atoms with Crippen LogP contribution in [0.5, 0.6) is 5.75 Å². The molecule has 0 aliphatic rings. The van der Waals surface area contributed by atoms with Crippen LogP contribution in [-0.2, 0) is 0 Å². The molecule has 0 unspecified atom stereocenters. The highest BCUT2D eigenvalue weighted by Crippen LogP contribution is 2.40. The summed E-state index contributed by atoms with van der Waals surface area (Å²) >= 11 is 6.45. The van der Waals surface area contributed by atoms with Crippen molar-refractivity contribution >= 4 is 11.6 Å². The maximum Gasteiger partial charge on any atom is 0.136 e. The van der Waals surface area contributed by atoms with E-state index in [9.17, 15) is 0 Å². The summed E-state index contributed by atoms with van der Waals surface area (Å²) in [7, 11) is 4.13. The molecule has 0 atom stereocenters. The molecule has 3 nitrogen and oxygen atoms in total. The smallest absolute Gasteiger partial charge is 0.136 e. The Morgan fingerprint density at radius 2 is 1.62 bits per heavy atom. The lowest BCUT2D eigenvalue weighted by molar-refractivity contribution is 0.283. The summed E-state index contributed by atoms with van der Waals surface area (Å²) in [6, 6.07) is 19.9. The van der Waals surface area contributed by atoms with Gasteiger partial charge in [0.2, 0.25) is 0 Å². The Labute approximate surface area is 160 Å². The normalized spacial score (nSPS) is 10.9. The van der Waals surface area contributed by atoms with Crippen LogP contribution in [0.1, 0.15) is 6.42 Å². The first-order valence-corrected chi connectivity index (χ1v) is 9.11. The molecule has 2 aromatic carbocycles. The standard InChI is InChI=1S/C22H23ClN2O/c1-25(2)15-8-16-26-22-18(17-9-3-4-12-20(17)23)10-7-11-19(22)21-13-5-6-14-24-21/h3-7,9-14H,8,15-16H2,1-2H3. The van der Waals surface area contributed by atoms with E-state index in [2.05, 4.69) is 30.0 Å². The molecule has 0 saturated carbocycles. The fraction of sp³-hybridized carbons (Fsp3) is 0.227. The summed E-state index contributed by atoms with van der Waals surface area (Å²) in [5.41, 5.74) is 3.83. The van der Waals surface area contributed by atoms with Crippen LogP contribution in [0.25, 0.3) is 22.4 Å². The average molecular weight is 367 g/mol. The van der Waals surface area contributed by atoms with Crippen molar-refractivity contribution in [3.63, 3.8) is 0 Å². The second kappa shape index (κ2) is 8.84. The van der Waals surface area contributed by atoms with Gasteiger partial charge in [0.15, 0.2) is 0 Å². The van der Waals surface area contributed by atoms with Crippen molar-refractivity contribution in [3.05, 3.63) is 71.9 Å². The zero-order valence-electron chi connectivity index (χ0n) is 15.2. The molecule has 0 aliphatic heterocycles. The highest BCUT2D eigenvalue weighted by atomic mass is 35.5. The molecule has 1 aromatic heterocycles. The number of aromatic nitrogens is 1. The molecule has 0 fully saturated rings. The molecule has 0 bridgehead atoms. The van der Waals surface area contributed by atoms with E-state index in [1.807, 2.05) is 54.6 Å². The van der Waals surface area contributed by atoms with Crippen molar-refractivity contribution in [2.45, 2.75) is 6.42 Å². The van der Waals surface area contributed by atoms with Crippen LogP contribution < -0.4 is 4.74 Å². The Bertz CT molecular complexity index is 850. The molecule has 0 N–H and O–H groups in total. The molecular formula is C22H23ClN2O. The van der Waals surface area contributed by atoms with E-state index in [4.69, 9.17) is 16.3 Å². The largest absolute Gasteiger partial charge is 0.492 e. The molecule has 0 spiro atoms. The van der Waals surface area contributed by atoms with Crippen molar-refractivity contribution < 1.29 is 4.74 Å². The molecule has 0 amide bonds. The summed E-state index contributed by atoms with van der Waals surface area (Å²) in [5.74, 6) is 0.832. The summed E-state index contributed by atoms with van der Waals surface area (Å²) in [6.45, 7) is 1.62. The van der Waals surface area contributed by atoms with E-state index in [1.54, 1.807) is 6.20 Å². The third-order valence-electron chi connectivity index (χ3n) is 4.12. The number of benzene rings is 2. The summed E-state index contributed by atoms with van der Waals surface area (Å²) in [5, 5.41) is 0.712. The van der Waals surface area contributed by atoms with E-state index in [0.717, 1.165) is 41.1 Å². The van der Waals surface area contributed by atoms with Crippen LogP contribution in [0.3, 0.4) is 0 Å². The van der Waals surface area contributed by atoms with Gasteiger partial charge in [0.05, 0.1) is 12.3 Å². The fourth-order valence-electron chi connectivity index (χ4n) is 2.86. The zero-order valence-corrected chi connectivity index (χ0v) is 15.9. The van der Waals surface area contributed by atoms with E-state index < -0.39 is 0 Å². The maximum atomic E-state index is 6.45. The average Bonchev–Trinajstić information content (AvgIpc) is 2.66. The SMILES string of the molecule is CN(C)CCCOc1c(-c2ccccn2)cccc1-c1ccccc1Cl. The van der Waals surface area contributed by atoms with Gasteiger partial charge in [-0.3, -0.25) is 4.98 Å². The number of para-hydroxylation sites is 1. The van der Waals surface area contributed by atoms with E-state index in [0.29, 0.717) is 11.6 Å². The van der Waals surface area contributed by atoms with Gasteiger partial charge in [0, 0.05) is 34.5 Å². The van der Waals surface area contributed by atoms with Crippen molar-refractivity contribution in [1.29, 1.82) is 0 Å². The van der Waals surface area contributed by atoms with Gasteiger partial charge in [-0.25, -0.2) is 0 Å². The molecule has 3 rings (SSSR count). The Morgan fingerprint density at radius 1 is 0.885 bits per heavy atom. The minimum Gasteiger partial charge on any atom is -0.492 e. The van der Waals surface area contributed by atoms with Gasteiger partial charge in [-0.1, -0.05) is 48.0 Å². The molecular weight excluding hydrogens is 344 g/mol. The number of ether oxygens (including phenoxy) is 1. The predicted octanol–water partition coefficient (Wildman–Crippen LogP) is 5.40. The van der Waals surface area contributed by atoms with Gasteiger partial charge >= 0.3 is 0 Å². The minimum atomic E-state index is 0.638. The predicted molar refractivity (Wildman–Crippen MR) is 109 cm³/mol. The van der Waals surface area contributed by atoms with Crippen LogP contribution in [0.4, 0.5) is 0 Å². The lowest BCUT2D eigenvalue weighted by Crippen LogP contribution is -2.15. The lowest BCUT2D eigenvalue weighted by Gasteiger charge is -2.17. The lowest BCUT2D eigenvalue weighted by atomic mass is 9.99. The quantitative estimate of drug-likeness (QED) is 0.523. The zero-order chi connectivity index (χ0) is 18.4. The second-order valence-corrected chi connectivity index (χ2v) is 6.79. The van der Waals surface area contributed by atoms with Crippen molar-refractivity contribution in [2.75, 3.05) is 27.2 Å². The summed E-state index contributed by atoms with van der Waals surface area (Å²) < 4.78 is 6.26. The fourth-order valence-corrected chi connectivity index (χ4v) is 3.10. The Hall–Kier alpha value is -2.36. The number of hydrogen-bond donors (Lipinski definition) is 0. The van der Waals surface area contributed by atoms with Crippen molar-refractivity contribution in [3.8, 4) is 28.1 Å². The molecule has 0 radical (unpaired) electrons. The number of halogens is 1. The third kappa shape index (κ3) is 4.43. The number of pyridine rings is 1. The minimum absolute atomic E-state index is 0.638. The molecule has 0 saturated heterocycles. The van der Waals surface area contributed by atoms with Gasteiger partial charge in [0.1, 0.15) is 5.75 Å². The first-order chi connectivity index (χ1) is 12.7. The van der Waals surface area contributed by atoms with Crippen molar-refractivity contribution in [2.24, 2.45) is 0 Å². The van der Waals surface area contributed by atoms with Crippen LogP contribution in [0, 0.1) is 0 Å². The number of hydrogen-bond acceptors (Lipinski definition) is 3. The monoisotopic (exact) mass is 366 g/mol. The summed E-state index contributed by atoms with van der Waals surface area (Å²) in [4.78, 5) is 6.66. The van der Waals surface area contributed by atoms with Gasteiger partial charge in [-0.15, -0.1) is 0 Å². The van der Waals surface area contributed by atoms with Crippen LogP contribution in [-0.4, -0.2) is 37.1 Å². The molecule has 26 heavy (non-hydrogen) atoms. The molecule has 134 valence electrons. The highest BCUT2D eigenvalue weighted by Gasteiger charge is 2.15. The van der Waals surface area contributed by atoms with E-state index >= 15 is 0 Å². The van der Waals surface area contributed by atoms with E-state index in [1.165, 1.54) is 0 Å².